The molecule has 1 N–H and O–H groups in total. The Kier molecular flexibility index (Phi) is 6.86. The summed E-state index contributed by atoms with van der Waals surface area (Å²) in [7, 11) is 1.53. The zero-order valence-corrected chi connectivity index (χ0v) is 16.1. The Bertz CT molecular complexity index is 807. The van der Waals surface area contributed by atoms with Crippen LogP contribution in [0.2, 0.25) is 0 Å². The van der Waals surface area contributed by atoms with Crippen LogP contribution in [0.15, 0.2) is 24.3 Å². The number of likely N-dealkylation sites (N-methyl/N-ethyl adjacent to an activating group) is 1. The van der Waals surface area contributed by atoms with E-state index in [1.165, 1.54) is 25.8 Å². The second-order valence-electron chi connectivity index (χ2n) is 6.51. The first-order chi connectivity index (χ1) is 13.2. The molecule has 1 atom stereocenters. The molecule has 150 valence electrons. The van der Waals surface area contributed by atoms with Crippen LogP contribution in [0.5, 0.6) is 0 Å². The van der Waals surface area contributed by atoms with Crippen LogP contribution in [0.4, 0.5) is 10.5 Å². The average molecular weight is 389 g/mol. The molecular weight excluding hydrogens is 366 g/mol. The lowest BCUT2D eigenvalue weighted by atomic mass is 10.1. The zero-order valence-electron chi connectivity index (χ0n) is 16.1. The highest BCUT2D eigenvalue weighted by atomic mass is 16.5. The fourth-order valence-corrected chi connectivity index (χ4v) is 2.71. The second-order valence-corrected chi connectivity index (χ2v) is 6.51. The van der Waals surface area contributed by atoms with Crippen molar-refractivity contribution in [2.45, 2.75) is 32.8 Å². The highest BCUT2D eigenvalue weighted by molar-refractivity contribution is 6.04. The topological polar surface area (TPSA) is 113 Å². The Labute approximate surface area is 162 Å². The van der Waals surface area contributed by atoms with Crippen LogP contribution in [-0.2, 0) is 19.1 Å². The number of ketones is 1. The van der Waals surface area contributed by atoms with Crippen molar-refractivity contribution in [1.29, 1.82) is 0 Å². The Hall–Kier alpha value is -3.23. The number of carbonyl (C=O) groups is 5. The minimum Gasteiger partial charge on any atom is -0.453 e. The van der Waals surface area contributed by atoms with Gasteiger partial charge in [-0.1, -0.05) is 12.1 Å². The summed E-state index contributed by atoms with van der Waals surface area (Å²) in [6.07, 6.45) is -0.859. The smallest absolute Gasteiger partial charge is 0.326 e. The van der Waals surface area contributed by atoms with E-state index in [0.29, 0.717) is 11.3 Å². The van der Waals surface area contributed by atoms with Crippen molar-refractivity contribution in [1.82, 2.24) is 9.80 Å². The molecule has 1 saturated heterocycles. The number of urea groups is 1. The maximum atomic E-state index is 12.2. The summed E-state index contributed by atoms with van der Waals surface area (Å²) >= 11 is 0. The molecule has 0 aliphatic carbocycles. The van der Waals surface area contributed by atoms with Crippen molar-refractivity contribution in [3.8, 4) is 0 Å². The van der Waals surface area contributed by atoms with Crippen LogP contribution in [0.25, 0.3) is 0 Å². The molecule has 1 fully saturated rings. The van der Waals surface area contributed by atoms with Gasteiger partial charge in [-0.05, 0) is 32.4 Å². The maximum Gasteiger partial charge on any atom is 0.326 e. The molecule has 9 heteroatoms. The summed E-state index contributed by atoms with van der Waals surface area (Å²) in [6.45, 7) is 2.96. The van der Waals surface area contributed by atoms with Crippen molar-refractivity contribution < 1.29 is 28.7 Å². The standard InChI is InChI=1S/C19H23N3O6/c1-12(23)14-7-4-5-8-15(14)20-18(26)13(2)28-17(25)9-6-10-22-16(24)11-21(3)19(22)27/h4-5,7-8,13H,6,9-11H2,1-3H3,(H,20,26)/t13-/m1/s1. The molecule has 2 rings (SSSR count). The predicted molar refractivity (Wildman–Crippen MR) is 99.6 cm³/mol. The van der Waals surface area contributed by atoms with Crippen molar-refractivity contribution in [3.63, 3.8) is 0 Å². The number of Topliss-reactive ketones (excluding diaryl/α,β-unsaturated/α-hetero) is 1. The van der Waals surface area contributed by atoms with Crippen LogP contribution in [0.1, 0.15) is 37.0 Å². The third-order valence-corrected chi connectivity index (χ3v) is 4.24. The zero-order chi connectivity index (χ0) is 20.8. The molecule has 0 radical (unpaired) electrons. The monoisotopic (exact) mass is 389 g/mol. The molecule has 0 aromatic heterocycles. The average Bonchev–Trinajstić information content (AvgIpc) is 2.87. The van der Waals surface area contributed by atoms with Gasteiger partial charge >= 0.3 is 12.0 Å². The van der Waals surface area contributed by atoms with E-state index in [9.17, 15) is 24.0 Å². The summed E-state index contributed by atoms with van der Waals surface area (Å²) in [6, 6.07) is 6.15. The predicted octanol–water partition coefficient (Wildman–Crippen LogP) is 1.43. The van der Waals surface area contributed by atoms with E-state index in [4.69, 9.17) is 4.74 Å². The summed E-state index contributed by atoms with van der Waals surface area (Å²) in [4.78, 5) is 61.5. The van der Waals surface area contributed by atoms with Gasteiger partial charge in [0.05, 0.1) is 5.69 Å². The van der Waals surface area contributed by atoms with Crippen molar-refractivity contribution >= 4 is 35.3 Å². The van der Waals surface area contributed by atoms with Gasteiger partial charge < -0.3 is 15.0 Å². The molecule has 1 aromatic carbocycles. The third-order valence-electron chi connectivity index (χ3n) is 4.24. The first-order valence-corrected chi connectivity index (χ1v) is 8.86. The number of carbonyl (C=O) groups excluding carboxylic acids is 5. The Morgan fingerprint density at radius 2 is 1.89 bits per heavy atom. The normalized spacial score (nSPS) is 14.8. The third kappa shape index (κ3) is 5.15. The molecule has 0 bridgehead atoms. The number of amides is 4. The Morgan fingerprint density at radius 1 is 1.21 bits per heavy atom. The fraction of sp³-hybridized carbons (Fsp3) is 0.421. The SMILES string of the molecule is CC(=O)c1ccccc1NC(=O)[C@@H](C)OC(=O)CCCN1C(=O)CN(C)C1=O. The first-order valence-electron chi connectivity index (χ1n) is 8.86. The summed E-state index contributed by atoms with van der Waals surface area (Å²) < 4.78 is 5.09. The van der Waals surface area contributed by atoms with Gasteiger partial charge in [-0.3, -0.25) is 24.1 Å². The molecule has 4 amide bonds. The highest BCUT2D eigenvalue weighted by Crippen LogP contribution is 2.16. The molecule has 1 aromatic rings. The summed E-state index contributed by atoms with van der Waals surface area (Å²) in [5.41, 5.74) is 0.706. The van der Waals surface area contributed by atoms with Crippen LogP contribution in [-0.4, -0.2) is 65.6 Å². The van der Waals surface area contributed by atoms with E-state index in [1.54, 1.807) is 24.3 Å². The molecule has 0 saturated carbocycles. The fourth-order valence-electron chi connectivity index (χ4n) is 2.71. The number of imide groups is 1. The van der Waals surface area contributed by atoms with Crippen LogP contribution in [0, 0.1) is 0 Å². The number of esters is 1. The van der Waals surface area contributed by atoms with Crippen molar-refractivity contribution in [2.75, 3.05) is 25.5 Å². The van der Waals surface area contributed by atoms with Gasteiger partial charge in [0.25, 0.3) is 5.91 Å². The van der Waals surface area contributed by atoms with Gasteiger partial charge in [0.2, 0.25) is 5.91 Å². The molecule has 0 unspecified atom stereocenters. The minimum atomic E-state index is -1.06. The number of hydrogen-bond acceptors (Lipinski definition) is 6. The van der Waals surface area contributed by atoms with Gasteiger partial charge in [-0.15, -0.1) is 0 Å². The van der Waals surface area contributed by atoms with Gasteiger partial charge in [0.1, 0.15) is 6.54 Å². The van der Waals surface area contributed by atoms with E-state index in [-0.39, 0.29) is 37.6 Å². The Morgan fingerprint density at radius 3 is 2.50 bits per heavy atom. The van der Waals surface area contributed by atoms with Gasteiger partial charge in [0.15, 0.2) is 11.9 Å². The lowest BCUT2D eigenvalue weighted by Crippen LogP contribution is -2.33. The van der Waals surface area contributed by atoms with Crippen molar-refractivity contribution in [3.05, 3.63) is 29.8 Å². The van der Waals surface area contributed by atoms with E-state index >= 15 is 0 Å². The van der Waals surface area contributed by atoms with Crippen LogP contribution in [0.3, 0.4) is 0 Å². The molecule has 1 aliphatic heterocycles. The molecule has 9 nitrogen and oxygen atoms in total. The van der Waals surface area contributed by atoms with Gasteiger partial charge in [-0.25, -0.2) is 4.79 Å². The second kappa shape index (κ2) is 9.12. The van der Waals surface area contributed by atoms with Gasteiger partial charge in [-0.2, -0.15) is 0 Å². The first kappa shape index (κ1) is 21.1. The van der Waals surface area contributed by atoms with Crippen LogP contribution >= 0.6 is 0 Å². The lowest BCUT2D eigenvalue weighted by Gasteiger charge is -2.16. The summed E-state index contributed by atoms with van der Waals surface area (Å²) in [5.74, 6) is -1.68. The van der Waals surface area contributed by atoms with Crippen molar-refractivity contribution in [2.24, 2.45) is 0 Å². The minimum absolute atomic E-state index is 0.0300. The van der Waals surface area contributed by atoms with E-state index in [2.05, 4.69) is 5.32 Å². The largest absolute Gasteiger partial charge is 0.453 e. The van der Waals surface area contributed by atoms with Crippen LogP contribution < -0.4 is 5.32 Å². The summed E-state index contributed by atoms with van der Waals surface area (Å²) in [5, 5.41) is 2.57. The molecule has 1 aliphatic rings. The van der Waals surface area contributed by atoms with E-state index < -0.39 is 24.0 Å². The number of rotatable bonds is 8. The molecule has 1 heterocycles. The number of benzene rings is 1. The molecule has 0 spiro atoms. The number of anilines is 1. The quantitative estimate of drug-likeness (QED) is 0.409. The van der Waals surface area contributed by atoms with E-state index in [0.717, 1.165) is 4.90 Å². The number of ether oxygens (including phenoxy) is 1. The number of nitrogens with zero attached hydrogens (tertiary/aromatic N) is 2. The maximum absolute atomic E-state index is 12.2. The van der Waals surface area contributed by atoms with E-state index in [1.807, 2.05) is 0 Å². The lowest BCUT2D eigenvalue weighted by molar-refractivity contribution is -0.153. The Balaban J connectivity index is 1.80. The van der Waals surface area contributed by atoms with Gasteiger partial charge in [0, 0.05) is 25.6 Å². The number of para-hydroxylation sites is 1. The highest BCUT2D eigenvalue weighted by Gasteiger charge is 2.33. The molecular formula is C19H23N3O6. The molecule has 28 heavy (non-hydrogen) atoms. The number of hydrogen-bond donors (Lipinski definition) is 1. The number of nitrogens with one attached hydrogen (secondary N) is 1.